The molecule has 6 rings (SSSR count). The number of hydrogen-bond acceptors (Lipinski definition) is 4. The van der Waals surface area contributed by atoms with Gasteiger partial charge < -0.3 is 13.9 Å². The van der Waals surface area contributed by atoms with Crippen LogP contribution in [0.3, 0.4) is 0 Å². The van der Waals surface area contributed by atoms with E-state index in [0.717, 1.165) is 38.2 Å². The predicted molar refractivity (Wildman–Crippen MR) is 154 cm³/mol. The van der Waals surface area contributed by atoms with Crippen molar-refractivity contribution in [1.29, 1.82) is 0 Å². The summed E-state index contributed by atoms with van der Waals surface area (Å²) >= 11 is 0. The molecule has 1 spiro atoms. The molecule has 6 fully saturated rings. The molecule has 0 aromatic carbocycles. The second-order valence-electron chi connectivity index (χ2n) is 16.8. The van der Waals surface area contributed by atoms with E-state index in [1.54, 1.807) is 0 Å². The summed E-state index contributed by atoms with van der Waals surface area (Å²) in [5, 5.41) is 0.186. The third kappa shape index (κ3) is 3.86. The van der Waals surface area contributed by atoms with Gasteiger partial charge in [-0.15, -0.1) is 0 Å². The van der Waals surface area contributed by atoms with E-state index in [4.69, 9.17) is 13.9 Å². The van der Waals surface area contributed by atoms with Gasteiger partial charge in [0.1, 0.15) is 5.78 Å². The van der Waals surface area contributed by atoms with Gasteiger partial charge in [-0.05, 0) is 91.7 Å². The molecule has 4 saturated carbocycles. The topological polar surface area (TPSA) is 44.8 Å². The van der Waals surface area contributed by atoms with Crippen LogP contribution in [-0.2, 0) is 18.7 Å². The highest BCUT2D eigenvalue weighted by molar-refractivity contribution is 6.74. The molecule has 12 atom stereocenters. The van der Waals surface area contributed by atoms with Crippen LogP contribution >= 0.6 is 0 Å². The van der Waals surface area contributed by atoms with Crippen LogP contribution in [0.2, 0.25) is 18.1 Å². The fraction of sp³-hybridized carbons (Fsp3) is 0.970. The zero-order valence-electron chi connectivity index (χ0n) is 25.9. The monoisotopic (exact) mass is 544 g/mol. The summed E-state index contributed by atoms with van der Waals surface area (Å²) in [5.74, 6) is 4.25. The number of fused-ring (bicyclic) bond motifs is 7. The fourth-order valence-electron chi connectivity index (χ4n) is 10.7. The Morgan fingerprint density at radius 3 is 2.39 bits per heavy atom. The number of ether oxygens (including phenoxy) is 2. The van der Waals surface area contributed by atoms with Gasteiger partial charge in [-0.3, -0.25) is 4.79 Å². The van der Waals surface area contributed by atoms with Crippen molar-refractivity contribution >= 4 is 14.1 Å². The molecule has 0 bridgehead atoms. The van der Waals surface area contributed by atoms with Gasteiger partial charge in [0.05, 0.1) is 18.8 Å². The first-order chi connectivity index (χ1) is 17.6. The number of carbonyl (C=O) groups is 1. The molecule has 0 radical (unpaired) electrons. The standard InChI is InChI=1S/C33H56O4Si/c1-20-12-15-33(35-19-20)21(2)29-27(36-33)17-26-24-11-10-22-16-23(34)13-14-31(22,6)25(24)18-28(32(26,29)7)37-38(8,9)30(3,4)5/h20-22,24-29H,10-19H2,1-9H3/t20?,21-,22+,24?,25?,26?,27?,28-,29?,31-,32+,33?/m0/s1. The van der Waals surface area contributed by atoms with E-state index in [1.807, 2.05) is 0 Å². The van der Waals surface area contributed by atoms with Crippen molar-refractivity contribution in [3.05, 3.63) is 0 Å². The molecule has 38 heavy (non-hydrogen) atoms. The van der Waals surface area contributed by atoms with Crippen molar-refractivity contribution in [2.75, 3.05) is 6.61 Å². The minimum atomic E-state index is -1.98. The molecule has 2 heterocycles. The summed E-state index contributed by atoms with van der Waals surface area (Å²) in [4.78, 5) is 12.5. The Morgan fingerprint density at radius 1 is 1.00 bits per heavy atom. The molecule has 2 aliphatic heterocycles. The molecular weight excluding hydrogens is 488 g/mol. The van der Waals surface area contributed by atoms with E-state index < -0.39 is 8.32 Å². The van der Waals surface area contributed by atoms with Gasteiger partial charge in [-0.25, -0.2) is 0 Å². The number of ketones is 1. The minimum absolute atomic E-state index is 0.115. The van der Waals surface area contributed by atoms with E-state index in [0.29, 0.717) is 41.3 Å². The molecule has 216 valence electrons. The first-order valence-electron chi connectivity index (χ1n) is 16.1. The summed E-state index contributed by atoms with van der Waals surface area (Å²) in [5.41, 5.74) is 0.394. The summed E-state index contributed by atoms with van der Waals surface area (Å²) in [6, 6.07) is 0. The zero-order chi connectivity index (χ0) is 27.5. The maximum Gasteiger partial charge on any atom is 0.192 e. The van der Waals surface area contributed by atoms with Gasteiger partial charge in [-0.1, -0.05) is 48.5 Å². The van der Waals surface area contributed by atoms with Gasteiger partial charge in [0.2, 0.25) is 0 Å². The predicted octanol–water partition coefficient (Wildman–Crippen LogP) is 8.00. The molecular formula is C33H56O4Si. The quantitative estimate of drug-likeness (QED) is 0.330. The summed E-state index contributed by atoms with van der Waals surface area (Å²) in [6.45, 7) is 22.9. The Hall–Kier alpha value is -0.233. The van der Waals surface area contributed by atoms with Crippen LogP contribution in [-0.4, -0.2) is 38.7 Å². The molecule has 4 nitrogen and oxygen atoms in total. The van der Waals surface area contributed by atoms with E-state index in [1.165, 1.54) is 32.1 Å². The zero-order valence-corrected chi connectivity index (χ0v) is 26.9. The van der Waals surface area contributed by atoms with Crippen molar-refractivity contribution in [2.45, 2.75) is 142 Å². The summed E-state index contributed by atoms with van der Waals surface area (Å²) in [7, 11) is -1.98. The Balaban J connectivity index is 1.38. The highest BCUT2D eigenvalue weighted by Crippen LogP contribution is 2.72. The minimum Gasteiger partial charge on any atom is -0.413 e. The summed E-state index contributed by atoms with van der Waals surface area (Å²) < 4.78 is 21.3. The first-order valence-corrected chi connectivity index (χ1v) is 19.0. The van der Waals surface area contributed by atoms with Crippen LogP contribution in [0.25, 0.3) is 0 Å². The second kappa shape index (κ2) is 8.88. The van der Waals surface area contributed by atoms with Gasteiger partial charge in [-0.2, -0.15) is 0 Å². The lowest BCUT2D eigenvalue weighted by Crippen LogP contribution is -2.62. The number of carbonyl (C=O) groups excluding carboxylic acids is 1. The lowest BCUT2D eigenvalue weighted by Gasteiger charge is -2.63. The maximum absolute atomic E-state index is 12.5. The molecule has 0 aromatic heterocycles. The van der Waals surface area contributed by atoms with Crippen LogP contribution in [0.1, 0.15) is 106 Å². The van der Waals surface area contributed by atoms with Gasteiger partial charge >= 0.3 is 0 Å². The lowest BCUT2D eigenvalue weighted by atomic mass is 9.43. The largest absolute Gasteiger partial charge is 0.413 e. The van der Waals surface area contributed by atoms with Gasteiger partial charge in [0.25, 0.3) is 0 Å². The maximum atomic E-state index is 12.5. The Kier molecular flexibility index (Phi) is 6.52. The molecule has 6 aliphatic rings. The van der Waals surface area contributed by atoms with Crippen molar-refractivity contribution in [2.24, 2.45) is 52.3 Å². The Morgan fingerprint density at radius 2 is 1.74 bits per heavy atom. The van der Waals surface area contributed by atoms with E-state index in [-0.39, 0.29) is 33.9 Å². The number of hydrogen-bond donors (Lipinski definition) is 0. The normalized spacial score (nSPS) is 52.9. The molecule has 4 aliphatic carbocycles. The SMILES string of the molecule is CC1CCC2(OC1)OC1CC3C4CC[C@@H]5CC(=O)CC[C@]5(C)C4C[C@H](O[Si](C)(C)C(C)(C)C)[C@]3(C)C1[C@@H]2C. The Bertz CT molecular complexity index is 947. The third-order valence-electron chi connectivity index (χ3n) is 14.1. The second-order valence-corrected chi connectivity index (χ2v) is 21.6. The smallest absolute Gasteiger partial charge is 0.192 e. The van der Waals surface area contributed by atoms with Crippen LogP contribution < -0.4 is 0 Å². The number of Topliss-reactive ketones (excluding diaryl/α,β-unsaturated/α-hetero) is 1. The van der Waals surface area contributed by atoms with E-state index >= 15 is 0 Å². The summed E-state index contributed by atoms with van der Waals surface area (Å²) in [6.07, 6.45) is 10.4. The molecule has 5 heteroatoms. The van der Waals surface area contributed by atoms with Crippen molar-refractivity contribution in [3.8, 4) is 0 Å². The van der Waals surface area contributed by atoms with Gasteiger partial charge in [0, 0.05) is 36.5 Å². The van der Waals surface area contributed by atoms with Crippen molar-refractivity contribution in [1.82, 2.24) is 0 Å². The van der Waals surface area contributed by atoms with Crippen LogP contribution in [0.5, 0.6) is 0 Å². The molecule has 0 amide bonds. The number of rotatable bonds is 2. The molecule has 2 saturated heterocycles. The first kappa shape index (κ1) is 27.9. The van der Waals surface area contributed by atoms with Crippen LogP contribution in [0.4, 0.5) is 0 Å². The molecule has 0 aromatic rings. The van der Waals surface area contributed by atoms with E-state index in [2.05, 4.69) is 61.6 Å². The van der Waals surface area contributed by atoms with Gasteiger partial charge in [0.15, 0.2) is 14.1 Å². The average molecular weight is 545 g/mol. The lowest BCUT2D eigenvalue weighted by molar-refractivity contribution is -0.274. The third-order valence-corrected chi connectivity index (χ3v) is 18.6. The van der Waals surface area contributed by atoms with E-state index in [9.17, 15) is 4.79 Å². The average Bonchev–Trinajstić information content (AvgIpc) is 3.27. The highest BCUT2D eigenvalue weighted by atomic mass is 28.4. The molecule has 0 N–H and O–H groups in total. The van der Waals surface area contributed by atoms with Crippen LogP contribution in [0.15, 0.2) is 0 Å². The fourth-order valence-corrected chi connectivity index (χ4v) is 12.1. The molecule has 7 unspecified atom stereocenters. The van der Waals surface area contributed by atoms with Crippen LogP contribution in [0, 0.1) is 52.3 Å². The van der Waals surface area contributed by atoms with Crippen molar-refractivity contribution in [3.63, 3.8) is 0 Å². The van der Waals surface area contributed by atoms with Crippen molar-refractivity contribution < 1.29 is 18.7 Å². The Labute approximate surface area is 233 Å². The highest BCUT2D eigenvalue weighted by Gasteiger charge is 2.72.